The molecule has 0 atom stereocenters. The minimum absolute atomic E-state index is 0. The Labute approximate surface area is 146 Å². The van der Waals surface area contributed by atoms with Gasteiger partial charge in [-0.1, -0.05) is 0 Å². The highest BCUT2D eigenvalue weighted by molar-refractivity contribution is 14.0. The molecule has 5 nitrogen and oxygen atoms in total. The van der Waals surface area contributed by atoms with Crippen LogP contribution in [0.3, 0.4) is 0 Å². The predicted octanol–water partition coefficient (Wildman–Crippen LogP) is 1.98. The van der Waals surface area contributed by atoms with Crippen LogP contribution in [0.4, 0.5) is 13.2 Å². The molecule has 0 aromatic rings. The number of amides is 1. The van der Waals surface area contributed by atoms with Crippen molar-refractivity contribution in [1.29, 1.82) is 0 Å². The van der Waals surface area contributed by atoms with Crippen LogP contribution in [0.1, 0.15) is 25.7 Å². The van der Waals surface area contributed by atoms with Crippen LogP contribution >= 0.6 is 24.0 Å². The summed E-state index contributed by atoms with van der Waals surface area (Å²) in [5.74, 6) is -0.847. The normalized spacial score (nSPS) is 22.5. The molecule has 0 heterocycles. The van der Waals surface area contributed by atoms with Crippen molar-refractivity contribution >= 4 is 35.8 Å². The van der Waals surface area contributed by atoms with Crippen molar-refractivity contribution in [2.45, 2.75) is 37.9 Å². The van der Waals surface area contributed by atoms with Crippen molar-refractivity contribution in [1.82, 2.24) is 15.5 Å². The van der Waals surface area contributed by atoms with E-state index >= 15 is 0 Å². The fraction of sp³-hybridized carbons (Fsp3) is 0.846. The quantitative estimate of drug-likeness (QED) is 0.404. The van der Waals surface area contributed by atoms with E-state index in [4.69, 9.17) is 0 Å². The molecule has 1 amide bonds. The standard InChI is InChI=1S/C13H23F3N4O.HI/c1-17-12(18-8-11(21)20(2)3)19-10-6-4-9(5-7-10)13(14,15)16;/h9-10H,4-8H2,1-3H3,(H2,17,18,19);1H. The fourth-order valence-electron chi connectivity index (χ4n) is 2.27. The van der Waals surface area contributed by atoms with Crippen LogP contribution in [-0.4, -0.2) is 56.7 Å². The van der Waals surface area contributed by atoms with Crippen LogP contribution in [0, 0.1) is 5.92 Å². The van der Waals surface area contributed by atoms with Crippen molar-refractivity contribution in [2.24, 2.45) is 10.9 Å². The monoisotopic (exact) mass is 436 g/mol. The lowest BCUT2D eigenvalue weighted by molar-refractivity contribution is -0.182. The maximum absolute atomic E-state index is 12.6. The Kier molecular flexibility index (Phi) is 9.09. The summed E-state index contributed by atoms with van der Waals surface area (Å²) in [6, 6.07) is -0.0377. The number of alkyl halides is 3. The number of aliphatic imine (C=N–C) groups is 1. The van der Waals surface area contributed by atoms with Gasteiger partial charge >= 0.3 is 6.18 Å². The lowest BCUT2D eigenvalue weighted by atomic mass is 9.85. The lowest BCUT2D eigenvalue weighted by Crippen LogP contribution is -2.48. The van der Waals surface area contributed by atoms with Gasteiger partial charge in [-0.2, -0.15) is 13.2 Å². The first-order chi connectivity index (χ1) is 9.74. The summed E-state index contributed by atoms with van der Waals surface area (Å²) < 4.78 is 37.8. The third-order valence-electron chi connectivity index (χ3n) is 3.66. The highest BCUT2D eigenvalue weighted by Gasteiger charge is 2.41. The predicted molar refractivity (Wildman–Crippen MR) is 90.4 cm³/mol. The highest BCUT2D eigenvalue weighted by atomic mass is 127. The van der Waals surface area contributed by atoms with Crippen molar-refractivity contribution in [3.05, 3.63) is 0 Å². The van der Waals surface area contributed by atoms with E-state index in [2.05, 4.69) is 15.6 Å². The van der Waals surface area contributed by atoms with Crippen LogP contribution < -0.4 is 10.6 Å². The van der Waals surface area contributed by atoms with Gasteiger partial charge in [-0.25, -0.2) is 0 Å². The smallest absolute Gasteiger partial charge is 0.354 e. The largest absolute Gasteiger partial charge is 0.391 e. The van der Waals surface area contributed by atoms with Crippen molar-refractivity contribution in [3.8, 4) is 0 Å². The number of nitrogens with one attached hydrogen (secondary N) is 2. The molecule has 0 unspecified atom stereocenters. The Bertz CT molecular complexity index is 380. The number of halogens is 4. The SMILES string of the molecule is CN=C(NCC(=O)N(C)C)NC1CCC(C(F)(F)F)CC1.I. The van der Waals surface area contributed by atoms with Gasteiger partial charge in [-0.3, -0.25) is 9.79 Å². The Morgan fingerprint density at radius 2 is 1.77 bits per heavy atom. The van der Waals surface area contributed by atoms with E-state index in [1.807, 2.05) is 0 Å². The third-order valence-corrected chi connectivity index (χ3v) is 3.66. The van der Waals surface area contributed by atoms with Crippen LogP contribution in [0.5, 0.6) is 0 Å². The molecule has 0 aliphatic heterocycles. The van der Waals surface area contributed by atoms with E-state index in [1.165, 1.54) is 4.90 Å². The Morgan fingerprint density at radius 1 is 1.23 bits per heavy atom. The minimum Gasteiger partial charge on any atom is -0.354 e. The fourth-order valence-corrected chi connectivity index (χ4v) is 2.27. The van der Waals surface area contributed by atoms with Gasteiger partial charge in [0, 0.05) is 27.2 Å². The van der Waals surface area contributed by atoms with Crippen LogP contribution in [0.25, 0.3) is 0 Å². The molecule has 0 bridgehead atoms. The van der Waals surface area contributed by atoms with E-state index in [0.29, 0.717) is 18.8 Å². The molecule has 0 aromatic carbocycles. The summed E-state index contributed by atoms with van der Waals surface area (Å²) in [4.78, 5) is 16.9. The summed E-state index contributed by atoms with van der Waals surface area (Å²) in [5.41, 5.74) is 0. The van der Waals surface area contributed by atoms with Crippen LogP contribution in [0.2, 0.25) is 0 Å². The molecule has 2 N–H and O–H groups in total. The molecule has 22 heavy (non-hydrogen) atoms. The Morgan fingerprint density at radius 3 is 2.18 bits per heavy atom. The number of nitrogens with zero attached hydrogens (tertiary/aromatic N) is 2. The molecule has 1 aliphatic carbocycles. The second-order valence-corrected chi connectivity index (χ2v) is 5.45. The van der Waals surface area contributed by atoms with Crippen molar-refractivity contribution < 1.29 is 18.0 Å². The van der Waals surface area contributed by atoms with E-state index in [-0.39, 0.29) is 55.3 Å². The third kappa shape index (κ3) is 7.01. The number of guanidine groups is 1. The highest BCUT2D eigenvalue weighted by Crippen LogP contribution is 2.37. The summed E-state index contributed by atoms with van der Waals surface area (Å²) in [5, 5.41) is 5.94. The molecule has 1 fully saturated rings. The van der Waals surface area contributed by atoms with Gasteiger partial charge < -0.3 is 15.5 Å². The first kappa shape index (κ1) is 21.3. The van der Waals surface area contributed by atoms with Gasteiger partial charge in [0.15, 0.2) is 5.96 Å². The van der Waals surface area contributed by atoms with E-state index < -0.39 is 12.1 Å². The van der Waals surface area contributed by atoms with Crippen molar-refractivity contribution in [3.63, 3.8) is 0 Å². The average Bonchev–Trinajstić information content (AvgIpc) is 2.42. The van der Waals surface area contributed by atoms with Crippen LogP contribution in [-0.2, 0) is 4.79 Å². The van der Waals surface area contributed by atoms with Gasteiger partial charge in [0.2, 0.25) is 5.91 Å². The number of rotatable bonds is 3. The maximum Gasteiger partial charge on any atom is 0.391 e. The molecule has 0 saturated heterocycles. The topological polar surface area (TPSA) is 56.7 Å². The average molecular weight is 436 g/mol. The lowest BCUT2D eigenvalue weighted by Gasteiger charge is -2.31. The summed E-state index contributed by atoms with van der Waals surface area (Å²) >= 11 is 0. The molecule has 1 aliphatic rings. The number of carbonyl (C=O) groups excluding carboxylic acids is 1. The van der Waals surface area contributed by atoms with E-state index in [9.17, 15) is 18.0 Å². The second kappa shape index (κ2) is 9.41. The molecule has 1 saturated carbocycles. The summed E-state index contributed by atoms with van der Waals surface area (Å²) in [6.45, 7) is 0.102. The first-order valence-corrected chi connectivity index (χ1v) is 6.98. The molecular weight excluding hydrogens is 412 g/mol. The molecule has 130 valence electrons. The number of likely N-dealkylation sites (N-methyl/N-ethyl adjacent to an activating group) is 1. The molecule has 1 rings (SSSR count). The van der Waals surface area contributed by atoms with Gasteiger partial charge in [-0.15, -0.1) is 24.0 Å². The zero-order valence-corrected chi connectivity index (χ0v) is 15.4. The van der Waals surface area contributed by atoms with Gasteiger partial charge in [0.25, 0.3) is 0 Å². The molecule has 0 aromatic heterocycles. The molecule has 0 spiro atoms. The molecule has 9 heteroatoms. The summed E-state index contributed by atoms with van der Waals surface area (Å²) in [7, 11) is 4.87. The number of hydrogen-bond acceptors (Lipinski definition) is 2. The summed E-state index contributed by atoms with van der Waals surface area (Å²) in [6.07, 6.45) is -2.92. The number of carbonyl (C=O) groups is 1. The van der Waals surface area contributed by atoms with Crippen molar-refractivity contribution in [2.75, 3.05) is 27.7 Å². The zero-order chi connectivity index (χ0) is 16.0. The Balaban J connectivity index is 0.00000441. The van der Waals surface area contributed by atoms with Gasteiger partial charge in [0.05, 0.1) is 12.5 Å². The van der Waals surface area contributed by atoms with Gasteiger partial charge in [-0.05, 0) is 25.7 Å². The first-order valence-electron chi connectivity index (χ1n) is 6.98. The molecular formula is C13H24F3IN4O. The molecule has 0 radical (unpaired) electrons. The van der Waals surface area contributed by atoms with Gasteiger partial charge in [0.1, 0.15) is 0 Å². The Hall–Kier alpha value is -0.740. The number of hydrogen-bond donors (Lipinski definition) is 2. The second-order valence-electron chi connectivity index (χ2n) is 5.45. The van der Waals surface area contributed by atoms with Crippen LogP contribution in [0.15, 0.2) is 4.99 Å². The maximum atomic E-state index is 12.6. The minimum atomic E-state index is -4.09. The zero-order valence-electron chi connectivity index (χ0n) is 13.0. The van der Waals surface area contributed by atoms with E-state index in [1.54, 1.807) is 21.1 Å². The van der Waals surface area contributed by atoms with E-state index in [0.717, 1.165) is 0 Å².